The molecule has 0 radical (unpaired) electrons. The van der Waals surface area contributed by atoms with Gasteiger partial charge in [0.25, 0.3) is 0 Å². The molecule has 1 aliphatic heterocycles. The summed E-state index contributed by atoms with van der Waals surface area (Å²) in [6.07, 6.45) is 0.800. The van der Waals surface area contributed by atoms with Crippen LogP contribution in [-0.4, -0.2) is 49.8 Å². The highest BCUT2D eigenvalue weighted by molar-refractivity contribution is 7.89. The van der Waals surface area contributed by atoms with Gasteiger partial charge in [-0.3, -0.25) is 4.90 Å². The number of sulfonamides is 1. The molecule has 1 saturated heterocycles. The van der Waals surface area contributed by atoms with Crippen molar-refractivity contribution in [2.24, 2.45) is 0 Å². The smallest absolute Gasteiger partial charge is 0.243 e. The molecular weight excluding hydrogens is 286 g/mol. The van der Waals surface area contributed by atoms with Crippen molar-refractivity contribution >= 4 is 15.7 Å². The Hall–Kier alpha value is -1.11. The number of hydrogen-bond donors (Lipinski definition) is 1. The van der Waals surface area contributed by atoms with Crippen LogP contribution in [0, 0.1) is 0 Å². The first kappa shape index (κ1) is 16.3. The van der Waals surface area contributed by atoms with Crippen LogP contribution in [0.2, 0.25) is 0 Å². The van der Waals surface area contributed by atoms with Gasteiger partial charge in [-0.15, -0.1) is 0 Å². The number of nitrogens with zero attached hydrogens (tertiary/aromatic N) is 2. The molecular formula is C15H25N3O2S. The predicted octanol–water partition coefficient (Wildman–Crippen LogP) is 1.54. The van der Waals surface area contributed by atoms with Gasteiger partial charge in [-0.05, 0) is 45.0 Å². The zero-order valence-corrected chi connectivity index (χ0v) is 14.0. The zero-order chi connectivity index (χ0) is 15.8. The summed E-state index contributed by atoms with van der Waals surface area (Å²) in [4.78, 5) is 2.50. The maximum absolute atomic E-state index is 12.8. The Morgan fingerprint density at radius 1 is 1.24 bits per heavy atom. The summed E-state index contributed by atoms with van der Waals surface area (Å²) < 4.78 is 27.1. The van der Waals surface area contributed by atoms with Crippen LogP contribution in [0.15, 0.2) is 23.1 Å². The molecule has 0 saturated carbocycles. The average molecular weight is 311 g/mol. The highest BCUT2D eigenvalue weighted by Crippen LogP contribution is 2.25. The summed E-state index contributed by atoms with van der Waals surface area (Å²) in [6, 6.07) is 5.47. The Balaban J connectivity index is 2.32. The third kappa shape index (κ3) is 3.07. The quantitative estimate of drug-likeness (QED) is 0.860. The van der Waals surface area contributed by atoms with Crippen LogP contribution in [-0.2, 0) is 16.4 Å². The molecule has 1 aliphatic rings. The van der Waals surface area contributed by atoms with E-state index in [-0.39, 0.29) is 12.1 Å². The van der Waals surface area contributed by atoms with Crippen molar-refractivity contribution < 1.29 is 8.42 Å². The number of anilines is 1. The van der Waals surface area contributed by atoms with Crippen molar-refractivity contribution in [3.8, 4) is 0 Å². The number of hydrogen-bond acceptors (Lipinski definition) is 4. The maximum atomic E-state index is 12.8. The molecule has 2 N–H and O–H groups in total. The van der Waals surface area contributed by atoms with Crippen molar-refractivity contribution in [3.05, 3.63) is 23.8 Å². The summed E-state index contributed by atoms with van der Waals surface area (Å²) in [5.41, 5.74) is 7.47. The van der Waals surface area contributed by atoms with Gasteiger partial charge in [0.15, 0.2) is 0 Å². The number of rotatable bonds is 3. The molecule has 0 bridgehead atoms. The van der Waals surface area contributed by atoms with Gasteiger partial charge in [0.2, 0.25) is 10.0 Å². The molecule has 1 aromatic carbocycles. The molecule has 1 aromatic rings. The summed E-state index contributed by atoms with van der Waals surface area (Å²) in [5.74, 6) is 0. The molecule has 0 amide bonds. The first-order chi connectivity index (χ1) is 9.77. The van der Waals surface area contributed by atoms with Crippen LogP contribution >= 0.6 is 0 Å². The number of nitrogen functional groups attached to an aromatic ring is 1. The van der Waals surface area contributed by atoms with E-state index >= 15 is 0 Å². The van der Waals surface area contributed by atoms with Crippen molar-refractivity contribution in [1.29, 1.82) is 0 Å². The van der Waals surface area contributed by atoms with Crippen LogP contribution in [0.5, 0.6) is 0 Å². The zero-order valence-electron chi connectivity index (χ0n) is 13.2. The molecule has 5 nitrogen and oxygen atoms in total. The van der Waals surface area contributed by atoms with Crippen LogP contribution in [0.1, 0.15) is 26.3 Å². The molecule has 1 heterocycles. The molecule has 21 heavy (non-hydrogen) atoms. The first-order valence-corrected chi connectivity index (χ1v) is 8.81. The van der Waals surface area contributed by atoms with Gasteiger partial charge in [0.1, 0.15) is 0 Å². The fraction of sp³-hybridized carbons (Fsp3) is 0.600. The fourth-order valence-corrected chi connectivity index (χ4v) is 4.39. The van der Waals surface area contributed by atoms with Gasteiger partial charge in [0, 0.05) is 30.9 Å². The highest BCUT2D eigenvalue weighted by Gasteiger charge is 2.34. The van der Waals surface area contributed by atoms with E-state index in [2.05, 4.69) is 4.90 Å². The van der Waals surface area contributed by atoms with Crippen LogP contribution in [0.4, 0.5) is 5.69 Å². The molecule has 0 spiro atoms. The molecule has 2 rings (SSSR count). The molecule has 2 atom stereocenters. The second kappa shape index (κ2) is 5.94. The third-order valence-electron chi connectivity index (χ3n) is 4.46. The number of benzene rings is 1. The van der Waals surface area contributed by atoms with Crippen molar-refractivity contribution in [1.82, 2.24) is 9.21 Å². The van der Waals surface area contributed by atoms with E-state index in [4.69, 9.17) is 5.73 Å². The van der Waals surface area contributed by atoms with E-state index in [1.54, 1.807) is 16.4 Å². The second-order valence-corrected chi connectivity index (χ2v) is 7.84. The largest absolute Gasteiger partial charge is 0.398 e. The minimum absolute atomic E-state index is 0.204. The number of piperazine rings is 1. The Labute approximate surface area is 127 Å². The van der Waals surface area contributed by atoms with E-state index in [1.165, 1.54) is 0 Å². The monoisotopic (exact) mass is 311 g/mol. The minimum Gasteiger partial charge on any atom is -0.398 e. The molecule has 2 unspecified atom stereocenters. The standard InChI is InChI=1S/C15H25N3O2S/c1-5-13-6-7-14(8-15(13)16)21(19,20)18-9-11(2)17(4)12(3)10-18/h6-8,11-12H,5,9-10,16H2,1-4H3. The number of likely N-dealkylation sites (N-methyl/N-ethyl adjacent to an activating group) is 1. The van der Waals surface area contributed by atoms with Crippen molar-refractivity contribution in [2.75, 3.05) is 25.9 Å². The highest BCUT2D eigenvalue weighted by atomic mass is 32.2. The number of aryl methyl sites for hydroxylation is 1. The van der Waals surface area contributed by atoms with Crippen LogP contribution in [0.25, 0.3) is 0 Å². The molecule has 0 aromatic heterocycles. The molecule has 0 aliphatic carbocycles. The van der Waals surface area contributed by atoms with Gasteiger partial charge < -0.3 is 5.73 Å². The van der Waals surface area contributed by atoms with Gasteiger partial charge in [-0.25, -0.2) is 8.42 Å². The van der Waals surface area contributed by atoms with E-state index in [1.807, 2.05) is 33.9 Å². The molecule has 118 valence electrons. The van der Waals surface area contributed by atoms with Gasteiger partial charge in [-0.1, -0.05) is 13.0 Å². The topological polar surface area (TPSA) is 66.6 Å². The molecule has 6 heteroatoms. The van der Waals surface area contributed by atoms with E-state index in [0.717, 1.165) is 12.0 Å². The Kier molecular flexibility index (Phi) is 4.60. The SMILES string of the molecule is CCc1ccc(S(=O)(=O)N2CC(C)N(C)C(C)C2)cc1N. The predicted molar refractivity (Wildman–Crippen MR) is 85.7 cm³/mol. The Morgan fingerprint density at radius 2 is 1.81 bits per heavy atom. The van der Waals surface area contributed by atoms with Crippen molar-refractivity contribution in [3.63, 3.8) is 0 Å². The fourth-order valence-electron chi connectivity index (χ4n) is 2.76. The lowest BCUT2D eigenvalue weighted by atomic mass is 10.1. The Morgan fingerprint density at radius 3 is 2.29 bits per heavy atom. The lowest BCUT2D eigenvalue weighted by Crippen LogP contribution is -2.56. The Bertz CT molecular complexity index is 603. The van der Waals surface area contributed by atoms with E-state index in [9.17, 15) is 8.42 Å². The van der Waals surface area contributed by atoms with Gasteiger partial charge in [-0.2, -0.15) is 4.31 Å². The normalized spacial score (nSPS) is 25.1. The minimum atomic E-state index is -3.47. The molecule has 1 fully saturated rings. The van der Waals surface area contributed by atoms with Gasteiger partial charge >= 0.3 is 0 Å². The lowest BCUT2D eigenvalue weighted by Gasteiger charge is -2.41. The third-order valence-corrected chi connectivity index (χ3v) is 6.29. The summed E-state index contributed by atoms with van der Waals surface area (Å²) in [5, 5.41) is 0. The number of nitrogens with two attached hydrogens (primary N) is 1. The van der Waals surface area contributed by atoms with Crippen molar-refractivity contribution in [2.45, 2.75) is 44.2 Å². The first-order valence-electron chi connectivity index (χ1n) is 7.37. The lowest BCUT2D eigenvalue weighted by molar-refractivity contribution is 0.105. The van der Waals surface area contributed by atoms with Gasteiger partial charge in [0.05, 0.1) is 4.90 Å². The van der Waals surface area contributed by atoms with Crippen LogP contribution < -0.4 is 5.73 Å². The summed E-state index contributed by atoms with van der Waals surface area (Å²) in [7, 11) is -1.44. The van der Waals surface area contributed by atoms with E-state index in [0.29, 0.717) is 23.7 Å². The van der Waals surface area contributed by atoms with Crippen LogP contribution in [0.3, 0.4) is 0 Å². The summed E-state index contributed by atoms with van der Waals surface area (Å²) in [6.45, 7) is 7.13. The maximum Gasteiger partial charge on any atom is 0.243 e. The summed E-state index contributed by atoms with van der Waals surface area (Å²) >= 11 is 0. The van der Waals surface area contributed by atoms with E-state index < -0.39 is 10.0 Å². The second-order valence-electron chi connectivity index (χ2n) is 5.90. The average Bonchev–Trinajstić information content (AvgIpc) is 2.44.